The summed E-state index contributed by atoms with van der Waals surface area (Å²) in [5.41, 5.74) is 1.73. The summed E-state index contributed by atoms with van der Waals surface area (Å²) in [7, 11) is 0. The van der Waals surface area contributed by atoms with Gasteiger partial charge in [-0.15, -0.1) is 0 Å². The van der Waals surface area contributed by atoms with Crippen molar-refractivity contribution in [3.05, 3.63) is 58.7 Å². The van der Waals surface area contributed by atoms with E-state index >= 15 is 0 Å². The summed E-state index contributed by atoms with van der Waals surface area (Å²) < 4.78 is 0. The molecule has 0 fully saturated rings. The van der Waals surface area contributed by atoms with E-state index in [9.17, 15) is 0 Å². The van der Waals surface area contributed by atoms with Crippen LogP contribution in [0, 0.1) is 11.3 Å². The van der Waals surface area contributed by atoms with Gasteiger partial charge in [0.2, 0.25) is 0 Å². The zero-order valence-corrected chi connectivity index (χ0v) is 9.78. The summed E-state index contributed by atoms with van der Waals surface area (Å²) >= 11 is 5.97. The van der Waals surface area contributed by atoms with Crippen molar-refractivity contribution in [3.63, 3.8) is 0 Å². The first-order valence-corrected chi connectivity index (χ1v) is 5.51. The van der Waals surface area contributed by atoms with E-state index in [-0.39, 0.29) is 0 Å². The maximum absolute atomic E-state index is 8.68. The van der Waals surface area contributed by atoms with Gasteiger partial charge in [0.15, 0.2) is 0 Å². The average molecular weight is 244 g/mol. The second-order valence-electron chi connectivity index (χ2n) is 3.50. The molecule has 0 aliphatic carbocycles. The zero-order chi connectivity index (χ0) is 12.1. The molecule has 0 bridgehead atoms. The molecule has 0 saturated carbocycles. The number of aromatic nitrogens is 1. The monoisotopic (exact) mass is 243 g/mol. The number of hydrogen-bond acceptors (Lipinski definition) is 3. The quantitative estimate of drug-likeness (QED) is 0.901. The van der Waals surface area contributed by atoms with Crippen LogP contribution in [-0.4, -0.2) is 4.98 Å². The number of anilines is 1. The molecule has 0 aliphatic heterocycles. The van der Waals surface area contributed by atoms with Gasteiger partial charge >= 0.3 is 0 Å². The molecule has 0 saturated heterocycles. The number of nitriles is 1. The third kappa shape index (κ3) is 2.96. The topological polar surface area (TPSA) is 48.7 Å². The van der Waals surface area contributed by atoms with E-state index in [1.807, 2.05) is 12.1 Å². The summed E-state index contributed by atoms with van der Waals surface area (Å²) in [5, 5.41) is 12.4. The first-order valence-electron chi connectivity index (χ1n) is 5.13. The summed E-state index contributed by atoms with van der Waals surface area (Å²) in [6, 6.07) is 13.0. The van der Waals surface area contributed by atoms with Gasteiger partial charge in [-0.05, 0) is 29.8 Å². The second-order valence-corrected chi connectivity index (χ2v) is 3.90. The van der Waals surface area contributed by atoms with Gasteiger partial charge in [-0.3, -0.25) is 0 Å². The fourth-order valence-corrected chi connectivity index (χ4v) is 1.59. The number of benzene rings is 1. The minimum Gasteiger partial charge on any atom is -0.365 e. The SMILES string of the molecule is N#Cc1ccc(CNc2ncccc2Cl)cc1. The molecule has 1 aromatic carbocycles. The Kier molecular flexibility index (Phi) is 3.59. The maximum Gasteiger partial charge on any atom is 0.145 e. The highest BCUT2D eigenvalue weighted by molar-refractivity contribution is 6.32. The van der Waals surface area contributed by atoms with Crippen molar-refractivity contribution in [2.75, 3.05) is 5.32 Å². The number of pyridine rings is 1. The molecule has 0 aliphatic rings. The largest absolute Gasteiger partial charge is 0.365 e. The molecule has 17 heavy (non-hydrogen) atoms. The van der Waals surface area contributed by atoms with Crippen LogP contribution in [0.15, 0.2) is 42.6 Å². The van der Waals surface area contributed by atoms with E-state index in [0.29, 0.717) is 22.9 Å². The van der Waals surface area contributed by atoms with Crippen LogP contribution in [0.2, 0.25) is 5.02 Å². The molecule has 1 aromatic heterocycles. The Labute approximate surface area is 105 Å². The highest BCUT2D eigenvalue weighted by atomic mass is 35.5. The van der Waals surface area contributed by atoms with E-state index < -0.39 is 0 Å². The summed E-state index contributed by atoms with van der Waals surface area (Å²) in [4.78, 5) is 4.13. The lowest BCUT2D eigenvalue weighted by Gasteiger charge is -2.06. The van der Waals surface area contributed by atoms with Gasteiger partial charge in [0, 0.05) is 12.7 Å². The first-order chi connectivity index (χ1) is 8.29. The van der Waals surface area contributed by atoms with Crippen molar-refractivity contribution in [3.8, 4) is 6.07 Å². The minimum absolute atomic E-state index is 0.598. The standard InChI is InChI=1S/C13H10ClN3/c14-12-2-1-7-16-13(12)17-9-11-5-3-10(8-15)4-6-11/h1-7H,9H2,(H,16,17). The Morgan fingerprint density at radius 3 is 2.65 bits per heavy atom. The van der Waals surface area contributed by atoms with Crippen LogP contribution in [0.3, 0.4) is 0 Å². The zero-order valence-electron chi connectivity index (χ0n) is 9.02. The molecule has 0 unspecified atom stereocenters. The molecule has 0 atom stereocenters. The van der Waals surface area contributed by atoms with E-state index in [2.05, 4.69) is 16.4 Å². The van der Waals surface area contributed by atoms with Crippen molar-refractivity contribution < 1.29 is 0 Å². The molecular weight excluding hydrogens is 234 g/mol. The predicted octanol–water partition coefficient (Wildman–Crippen LogP) is 3.22. The van der Waals surface area contributed by atoms with Gasteiger partial charge in [0.25, 0.3) is 0 Å². The van der Waals surface area contributed by atoms with E-state index in [1.54, 1.807) is 30.5 Å². The van der Waals surface area contributed by atoms with Crippen LogP contribution in [0.5, 0.6) is 0 Å². The van der Waals surface area contributed by atoms with Gasteiger partial charge in [-0.1, -0.05) is 23.7 Å². The van der Waals surface area contributed by atoms with Crippen LogP contribution < -0.4 is 5.32 Å². The van der Waals surface area contributed by atoms with Crippen molar-refractivity contribution >= 4 is 17.4 Å². The molecule has 84 valence electrons. The maximum atomic E-state index is 8.68. The molecule has 3 nitrogen and oxygen atoms in total. The van der Waals surface area contributed by atoms with Crippen molar-refractivity contribution in [2.24, 2.45) is 0 Å². The van der Waals surface area contributed by atoms with Gasteiger partial charge in [-0.25, -0.2) is 4.98 Å². The smallest absolute Gasteiger partial charge is 0.145 e. The number of nitrogens with one attached hydrogen (secondary N) is 1. The molecule has 1 N–H and O–H groups in total. The number of hydrogen-bond donors (Lipinski definition) is 1. The predicted molar refractivity (Wildman–Crippen MR) is 67.7 cm³/mol. The van der Waals surface area contributed by atoms with Crippen LogP contribution >= 0.6 is 11.6 Å². The summed E-state index contributed by atoms with van der Waals surface area (Å²) in [6.07, 6.45) is 1.69. The number of rotatable bonds is 3. The van der Waals surface area contributed by atoms with Crippen LogP contribution in [-0.2, 0) is 6.54 Å². The van der Waals surface area contributed by atoms with E-state index in [0.717, 1.165) is 5.56 Å². The summed E-state index contributed by atoms with van der Waals surface area (Å²) in [6.45, 7) is 0.627. The molecule has 2 aromatic rings. The molecule has 0 amide bonds. The normalized spacial score (nSPS) is 9.65. The van der Waals surface area contributed by atoms with Gasteiger partial charge in [-0.2, -0.15) is 5.26 Å². The molecule has 4 heteroatoms. The Balaban J connectivity index is 2.03. The van der Waals surface area contributed by atoms with Crippen LogP contribution in [0.25, 0.3) is 0 Å². The fraction of sp³-hybridized carbons (Fsp3) is 0.0769. The minimum atomic E-state index is 0.598. The third-order valence-electron chi connectivity index (χ3n) is 2.30. The van der Waals surface area contributed by atoms with Crippen molar-refractivity contribution in [2.45, 2.75) is 6.54 Å². The average Bonchev–Trinajstić information content (AvgIpc) is 2.38. The van der Waals surface area contributed by atoms with E-state index in [4.69, 9.17) is 16.9 Å². The molecule has 0 radical (unpaired) electrons. The molecular formula is C13H10ClN3. The number of nitrogens with zero attached hydrogens (tertiary/aromatic N) is 2. The van der Waals surface area contributed by atoms with Gasteiger partial charge in [0.1, 0.15) is 5.82 Å². The third-order valence-corrected chi connectivity index (χ3v) is 2.61. The highest BCUT2D eigenvalue weighted by Gasteiger charge is 1.99. The summed E-state index contributed by atoms with van der Waals surface area (Å²) in [5.74, 6) is 0.665. The Morgan fingerprint density at radius 1 is 1.24 bits per heavy atom. The van der Waals surface area contributed by atoms with Gasteiger partial charge in [0.05, 0.1) is 16.7 Å². The lowest BCUT2D eigenvalue weighted by atomic mass is 10.1. The molecule has 0 spiro atoms. The fourth-order valence-electron chi connectivity index (χ4n) is 1.40. The molecule has 2 rings (SSSR count). The Hall–Kier alpha value is -2.05. The van der Waals surface area contributed by atoms with Crippen molar-refractivity contribution in [1.29, 1.82) is 5.26 Å². The van der Waals surface area contributed by atoms with Gasteiger partial charge < -0.3 is 5.32 Å². The first kappa shape index (κ1) is 11.4. The Morgan fingerprint density at radius 2 is 2.00 bits per heavy atom. The van der Waals surface area contributed by atoms with Crippen molar-refractivity contribution in [1.82, 2.24) is 4.98 Å². The lowest BCUT2D eigenvalue weighted by molar-refractivity contribution is 1.11. The number of halogens is 1. The molecule has 1 heterocycles. The Bertz CT molecular complexity index is 543. The lowest BCUT2D eigenvalue weighted by Crippen LogP contribution is -2.01. The highest BCUT2D eigenvalue weighted by Crippen LogP contribution is 2.18. The van der Waals surface area contributed by atoms with Crippen LogP contribution in [0.1, 0.15) is 11.1 Å². The van der Waals surface area contributed by atoms with Crippen LogP contribution in [0.4, 0.5) is 5.82 Å². The second kappa shape index (κ2) is 5.33. The van der Waals surface area contributed by atoms with E-state index in [1.165, 1.54) is 0 Å².